The molecule has 0 aliphatic carbocycles. The van der Waals surface area contributed by atoms with E-state index in [1.54, 1.807) is 6.21 Å². The van der Waals surface area contributed by atoms with Crippen molar-refractivity contribution in [3.8, 4) is 17.2 Å². The Labute approximate surface area is 218 Å². The zero-order valence-corrected chi connectivity index (χ0v) is 21.9. The molecule has 0 spiro atoms. The van der Waals surface area contributed by atoms with Gasteiger partial charge in [0.05, 0.1) is 29.4 Å². The van der Waals surface area contributed by atoms with Gasteiger partial charge in [-0.15, -0.1) is 0 Å². The number of benzene rings is 3. The zero-order chi connectivity index (χ0) is 24.3. The number of hydrogen-bond donors (Lipinski definition) is 1. The molecule has 3 aromatic rings. The number of nitrogens with one attached hydrogen (secondary N) is 1. The van der Waals surface area contributed by atoms with E-state index in [1.807, 2.05) is 74.5 Å². The molecule has 1 N–H and O–H groups in total. The monoisotopic (exact) mass is 592 g/mol. The van der Waals surface area contributed by atoms with Gasteiger partial charge in [-0.3, -0.25) is 4.79 Å². The summed E-state index contributed by atoms with van der Waals surface area (Å²) in [6, 6.07) is 18.7. The number of amides is 1. The Morgan fingerprint density at radius 3 is 2.32 bits per heavy atom. The second kappa shape index (κ2) is 13.2. The fraction of sp³-hybridized carbons (Fsp3) is 0.231. The average Bonchev–Trinajstić information content (AvgIpc) is 2.81. The molecule has 0 fully saturated rings. The standard InChI is InChI=1S/C26H26ClIN2O4/c1-3-32-22-11-7-18(8-12-22)15-25(31)30-29-16-20-13-23(28)26(24(14-20)33-4-2)34-17-19-5-9-21(27)10-6-19/h5-14,16H,3-4,15,17H2,1-2H3,(H,30,31)/b29-16+. The third kappa shape index (κ3) is 7.92. The van der Waals surface area contributed by atoms with Crippen molar-refractivity contribution < 1.29 is 19.0 Å². The maximum Gasteiger partial charge on any atom is 0.244 e. The molecule has 1 amide bonds. The van der Waals surface area contributed by atoms with Crippen LogP contribution in [0.4, 0.5) is 0 Å². The average molecular weight is 593 g/mol. The van der Waals surface area contributed by atoms with Gasteiger partial charge in [0.2, 0.25) is 5.91 Å². The number of ether oxygens (including phenoxy) is 3. The van der Waals surface area contributed by atoms with Crippen LogP contribution in [0.5, 0.6) is 17.2 Å². The van der Waals surface area contributed by atoms with Crippen molar-refractivity contribution in [3.63, 3.8) is 0 Å². The lowest BCUT2D eigenvalue weighted by atomic mass is 10.1. The van der Waals surface area contributed by atoms with Crippen LogP contribution in [0, 0.1) is 3.57 Å². The van der Waals surface area contributed by atoms with Gasteiger partial charge in [-0.25, -0.2) is 5.43 Å². The maximum atomic E-state index is 12.2. The first-order valence-electron chi connectivity index (χ1n) is 10.9. The third-order valence-corrected chi connectivity index (χ3v) is 5.68. The smallest absolute Gasteiger partial charge is 0.244 e. The molecule has 0 bridgehead atoms. The molecule has 3 rings (SSSR count). The molecule has 0 aromatic heterocycles. The number of hydrazone groups is 1. The minimum atomic E-state index is -0.206. The Balaban J connectivity index is 1.62. The molecule has 0 saturated carbocycles. The van der Waals surface area contributed by atoms with Crippen molar-refractivity contribution >= 4 is 46.3 Å². The summed E-state index contributed by atoms with van der Waals surface area (Å²) in [6.07, 6.45) is 1.81. The fourth-order valence-electron chi connectivity index (χ4n) is 3.08. The zero-order valence-electron chi connectivity index (χ0n) is 19.0. The van der Waals surface area contributed by atoms with E-state index >= 15 is 0 Å². The largest absolute Gasteiger partial charge is 0.494 e. The summed E-state index contributed by atoms with van der Waals surface area (Å²) in [4.78, 5) is 12.2. The van der Waals surface area contributed by atoms with Crippen molar-refractivity contribution in [2.24, 2.45) is 5.10 Å². The molecule has 0 aliphatic heterocycles. The number of rotatable bonds is 11. The van der Waals surface area contributed by atoms with E-state index in [2.05, 4.69) is 33.1 Å². The van der Waals surface area contributed by atoms with E-state index in [0.717, 1.165) is 26.0 Å². The maximum absolute atomic E-state index is 12.2. The highest BCUT2D eigenvalue weighted by molar-refractivity contribution is 14.1. The summed E-state index contributed by atoms with van der Waals surface area (Å²) in [5.41, 5.74) is 5.24. The van der Waals surface area contributed by atoms with Gasteiger partial charge in [0, 0.05) is 5.02 Å². The van der Waals surface area contributed by atoms with Crippen molar-refractivity contribution in [2.75, 3.05) is 13.2 Å². The molecule has 0 unspecified atom stereocenters. The van der Waals surface area contributed by atoms with Crippen molar-refractivity contribution in [1.82, 2.24) is 5.43 Å². The predicted octanol–water partition coefficient (Wildman–Crippen LogP) is 6.01. The van der Waals surface area contributed by atoms with Gasteiger partial charge in [0.25, 0.3) is 0 Å². The Hall–Kier alpha value is -2.78. The highest BCUT2D eigenvalue weighted by Gasteiger charge is 2.12. The highest BCUT2D eigenvalue weighted by Crippen LogP contribution is 2.34. The fourth-order valence-corrected chi connectivity index (χ4v) is 3.98. The molecule has 0 aliphatic rings. The van der Waals surface area contributed by atoms with Crippen LogP contribution in [0.2, 0.25) is 5.02 Å². The summed E-state index contributed by atoms with van der Waals surface area (Å²) in [5, 5.41) is 4.78. The minimum absolute atomic E-state index is 0.206. The normalized spacial score (nSPS) is 10.8. The van der Waals surface area contributed by atoms with Crippen LogP contribution in [-0.4, -0.2) is 25.3 Å². The molecule has 8 heteroatoms. The Morgan fingerprint density at radius 2 is 1.65 bits per heavy atom. The summed E-state index contributed by atoms with van der Waals surface area (Å²) in [6.45, 7) is 5.33. The van der Waals surface area contributed by atoms with Crippen molar-refractivity contribution in [3.05, 3.63) is 85.9 Å². The van der Waals surface area contributed by atoms with Crippen LogP contribution in [0.1, 0.15) is 30.5 Å². The topological polar surface area (TPSA) is 69.2 Å². The van der Waals surface area contributed by atoms with Gasteiger partial charge >= 0.3 is 0 Å². The molecular formula is C26H26ClIN2O4. The van der Waals surface area contributed by atoms with Crippen LogP contribution in [0.25, 0.3) is 0 Å². The lowest BCUT2D eigenvalue weighted by molar-refractivity contribution is -0.120. The third-order valence-electron chi connectivity index (χ3n) is 4.63. The van der Waals surface area contributed by atoms with E-state index in [9.17, 15) is 4.79 Å². The number of hydrogen-bond acceptors (Lipinski definition) is 5. The number of halogens is 2. The van der Waals surface area contributed by atoms with Crippen molar-refractivity contribution in [2.45, 2.75) is 26.9 Å². The van der Waals surface area contributed by atoms with E-state index in [1.165, 1.54) is 0 Å². The molecule has 6 nitrogen and oxygen atoms in total. The minimum Gasteiger partial charge on any atom is -0.494 e. The van der Waals surface area contributed by atoms with E-state index in [-0.39, 0.29) is 12.3 Å². The summed E-state index contributed by atoms with van der Waals surface area (Å²) < 4.78 is 18.1. The molecule has 0 atom stereocenters. The first-order chi connectivity index (χ1) is 16.5. The van der Waals surface area contributed by atoms with Crippen LogP contribution >= 0.6 is 34.2 Å². The lowest BCUT2D eigenvalue weighted by Crippen LogP contribution is -2.19. The lowest BCUT2D eigenvalue weighted by Gasteiger charge is -2.15. The van der Waals surface area contributed by atoms with Crippen LogP contribution in [0.3, 0.4) is 0 Å². The second-order valence-corrected chi connectivity index (χ2v) is 8.82. The van der Waals surface area contributed by atoms with Gasteiger partial charge in [0.1, 0.15) is 12.4 Å². The first kappa shape index (κ1) is 25.8. The first-order valence-corrected chi connectivity index (χ1v) is 12.3. The summed E-state index contributed by atoms with van der Waals surface area (Å²) in [7, 11) is 0. The van der Waals surface area contributed by atoms with E-state index < -0.39 is 0 Å². The predicted molar refractivity (Wildman–Crippen MR) is 143 cm³/mol. The Kier molecular flexibility index (Phi) is 10.0. The van der Waals surface area contributed by atoms with E-state index in [4.69, 9.17) is 25.8 Å². The van der Waals surface area contributed by atoms with Gasteiger partial charge < -0.3 is 14.2 Å². The van der Waals surface area contributed by atoms with Crippen molar-refractivity contribution in [1.29, 1.82) is 0 Å². The molecular weight excluding hydrogens is 567 g/mol. The van der Waals surface area contributed by atoms with Crippen LogP contribution in [0.15, 0.2) is 65.8 Å². The number of carbonyl (C=O) groups is 1. The molecule has 34 heavy (non-hydrogen) atoms. The van der Waals surface area contributed by atoms with Gasteiger partial charge in [-0.05, 0) is 89.5 Å². The van der Waals surface area contributed by atoms with Crippen LogP contribution in [-0.2, 0) is 17.8 Å². The number of carbonyl (C=O) groups excluding carboxylic acids is 1. The Morgan fingerprint density at radius 1 is 0.971 bits per heavy atom. The quantitative estimate of drug-likeness (QED) is 0.168. The van der Waals surface area contributed by atoms with Gasteiger partial charge in [-0.2, -0.15) is 5.10 Å². The van der Waals surface area contributed by atoms with Gasteiger partial charge in [-0.1, -0.05) is 35.9 Å². The molecule has 0 radical (unpaired) electrons. The number of nitrogens with zero attached hydrogens (tertiary/aromatic N) is 1. The summed E-state index contributed by atoms with van der Waals surface area (Å²) in [5.74, 6) is 1.85. The second-order valence-electron chi connectivity index (χ2n) is 7.23. The summed E-state index contributed by atoms with van der Waals surface area (Å²) >= 11 is 8.15. The van der Waals surface area contributed by atoms with Gasteiger partial charge in [0.15, 0.2) is 11.5 Å². The SMILES string of the molecule is CCOc1ccc(CC(=O)N/N=C/c2cc(I)c(OCc3ccc(Cl)cc3)c(OCC)c2)cc1. The van der Waals surface area contributed by atoms with Crippen LogP contribution < -0.4 is 19.6 Å². The molecule has 0 heterocycles. The molecule has 3 aromatic carbocycles. The molecule has 178 valence electrons. The molecule has 0 saturated heterocycles. The Bertz CT molecular complexity index is 1120. The van der Waals surface area contributed by atoms with E-state index in [0.29, 0.717) is 36.3 Å². The highest BCUT2D eigenvalue weighted by atomic mass is 127.